The van der Waals surface area contributed by atoms with E-state index < -0.39 is 0 Å². The van der Waals surface area contributed by atoms with Crippen LogP contribution >= 0.6 is 0 Å². The maximum atomic E-state index is 3.41. The summed E-state index contributed by atoms with van der Waals surface area (Å²) in [6.07, 6.45) is 4.19. The Hall–Kier alpha value is -1.90. The molecule has 0 fully saturated rings. The lowest BCUT2D eigenvalue weighted by atomic mass is 10.2. The highest BCUT2D eigenvalue weighted by molar-refractivity contribution is 5.54. The van der Waals surface area contributed by atoms with Crippen molar-refractivity contribution in [1.82, 2.24) is 4.57 Å². The molecule has 0 radical (unpaired) electrons. The van der Waals surface area contributed by atoms with Crippen LogP contribution in [0.4, 0.5) is 11.4 Å². The van der Waals surface area contributed by atoms with Crippen molar-refractivity contribution in [2.24, 2.45) is 7.05 Å². The summed E-state index contributed by atoms with van der Waals surface area (Å²) < 4.78 is 2.06. The molecule has 2 rings (SSSR count). The number of benzene rings is 1. The van der Waals surface area contributed by atoms with Crippen LogP contribution < -0.4 is 10.2 Å². The molecular weight excluding hydrogens is 210 g/mol. The van der Waals surface area contributed by atoms with Gasteiger partial charge in [0.1, 0.15) is 0 Å². The monoisotopic (exact) mass is 229 g/mol. The molecule has 3 heteroatoms. The van der Waals surface area contributed by atoms with E-state index in [9.17, 15) is 0 Å². The quantitative estimate of drug-likeness (QED) is 0.870. The first kappa shape index (κ1) is 11.6. The average Bonchev–Trinajstić information content (AvgIpc) is 2.73. The van der Waals surface area contributed by atoms with Gasteiger partial charge in [-0.1, -0.05) is 0 Å². The van der Waals surface area contributed by atoms with E-state index in [0.717, 1.165) is 12.2 Å². The molecule has 0 saturated carbocycles. The van der Waals surface area contributed by atoms with Crippen LogP contribution in [0.3, 0.4) is 0 Å². The highest BCUT2D eigenvalue weighted by atomic mass is 15.1. The summed E-state index contributed by atoms with van der Waals surface area (Å²) >= 11 is 0. The average molecular weight is 229 g/mol. The third-order valence-corrected chi connectivity index (χ3v) is 2.77. The van der Waals surface area contributed by atoms with Gasteiger partial charge in [-0.3, -0.25) is 0 Å². The largest absolute Gasteiger partial charge is 0.381 e. The first-order valence-electron chi connectivity index (χ1n) is 5.77. The SMILES string of the molecule is CN(C)c1ccc(NCc2ccn(C)c2)cc1. The number of anilines is 2. The van der Waals surface area contributed by atoms with Crippen LogP contribution in [0.5, 0.6) is 0 Å². The lowest BCUT2D eigenvalue weighted by molar-refractivity contribution is 0.920. The Morgan fingerprint density at radius 1 is 1.12 bits per heavy atom. The fourth-order valence-corrected chi connectivity index (χ4v) is 1.75. The molecule has 1 heterocycles. The summed E-state index contributed by atoms with van der Waals surface area (Å²) in [5.41, 5.74) is 3.67. The fourth-order valence-electron chi connectivity index (χ4n) is 1.75. The van der Waals surface area contributed by atoms with E-state index in [4.69, 9.17) is 0 Å². The molecule has 3 nitrogen and oxygen atoms in total. The van der Waals surface area contributed by atoms with Crippen molar-refractivity contribution >= 4 is 11.4 Å². The van der Waals surface area contributed by atoms with Crippen LogP contribution in [-0.4, -0.2) is 18.7 Å². The summed E-state index contributed by atoms with van der Waals surface area (Å²) in [5, 5.41) is 3.41. The molecular formula is C14H19N3. The number of aromatic nitrogens is 1. The maximum absolute atomic E-state index is 3.41. The van der Waals surface area contributed by atoms with Crippen LogP contribution in [0.1, 0.15) is 5.56 Å². The summed E-state index contributed by atoms with van der Waals surface area (Å²) in [6.45, 7) is 0.863. The molecule has 1 aromatic heterocycles. The Bertz CT molecular complexity index is 468. The summed E-state index contributed by atoms with van der Waals surface area (Å²) in [5.74, 6) is 0. The van der Waals surface area contributed by atoms with Crippen LogP contribution in [0.2, 0.25) is 0 Å². The van der Waals surface area contributed by atoms with Crippen molar-refractivity contribution in [3.05, 3.63) is 48.3 Å². The number of nitrogens with one attached hydrogen (secondary N) is 1. The Balaban J connectivity index is 1.95. The van der Waals surface area contributed by atoms with E-state index in [1.165, 1.54) is 11.3 Å². The van der Waals surface area contributed by atoms with Gasteiger partial charge in [-0.25, -0.2) is 0 Å². The van der Waals surface area contributed by atoms with E-state index >= 15 is 0 Å². The van der Waals surface area contributed by atoms with Gasteiger partial charge in [-0.05, 0) is 35.9 Å². The van der Waals surface area contributed by atoms with Gasteiger partial charge in [0.25, 0.3) is 0 Å². The molecule has 0 spiro atoms. The van der Waals surface area contributed by atoms with Gasteiger partial charge in [0.05, 0.1) is 0 Å². The first-order chi connectivity index (χ1) is 8.15. The smallest absolute Gasteiger partial charge is 0.0415 e. The van der Waals surface area contributed by atoms with Crippen molar-refractivity contribution in [3.8, 4) is 0 Å². The Morgan fingerprint density at radius 2 is 1.82 bits per heavy atom. The zero-order chi connectivity index (χ0) is 12.3. The molecule has 1 aromatic carbocycles. The number of nitrogens with zero attached hydrogens (tertiary/aromatic N) is 2. The Labute approximate surface area is 103 Å². The van der Waals surface area contributed by atoms with Gasteiger partial charge in [-0.2, -0.15) is 0 Å². The lowest BCUT2D eigenvalue weighted by Crippen LogP contribution is -2.08. The second kappa shape index (κ2) is 4.95. The minimum atomic E-state index is 0.863. The van der Waals surface area contributed by atoms with Crippen molar-refractivity contribution in [3.63, 3.8) is 0 Å². The van der Waals surface area contributed by atoms with Crippen molar-refractivity contribution < 1.29 is 0 Å². The molecule has 0 bridgehead atoms. The summed E-state index contributed by atoms with van der Waals surface area (Å²) in [4.78, 5) is 2.10. The molecule has 0 atom stereocenters. The molecule has 17 heavy (non-hydrogen) atoms. The molecule has 2 aromatic rings. The van der Waals surface area contributed by atoms with E-state index in [1.54, 1.807) is 0 Å². The topological polar surface area (TPSA) is 20.2 Å². The molecule has 0 saturated heterocycles. The Kier molecular flexibility index (Phi) is 3.38. The molecule has 1 N–H and O–H groups in total. The number of aryl methyl sites for hydroxylation is 1. The maximum Gasteiger partial charge on any atom is 0.0415 e. The standard InChI is InChI=1S/C14H19N3/c1-16(2)14-6-4-13(5-7-14)15-10-12-8-9-17(3)11-12/h4-9,11,15H,10H2,1-3H3. The van der Waals surface area contributed by atoms with Crippen LogP contribution in [-0.2, 0) is 13.6 Å². The third kappa shape index (κ3) is 3.03. The predicted octanol–water partition coefficient (Wildman–Crippen LogP) is 2.70. The second-order valence-electron chi connectivity index (χ2n) is 4.48. The summed E-state index contributed by atoms with van der Waals surface area (Å²) in [6, 6.07) is 10.6. The van der Waals surface area contributed by atoms with Crippen LogP contribution in [0.25, 0.3) is 0 Å². The minimum absolute atomic E-state index is 0.863. The van der Waals surface area contributed by atoms with Crippen molar-refractivity contribution in [1.29, 1.82) is 0 Å². The zero-order valence-electron chi connectivity index (χ0n) is 10.6. The molecule has 90 valence electrons. The summed E-state index contributed by atoms with van der Waals surface area (Å²) in [7, 11) is 6.13. The van der Waals surface area contributed by atoms with Crippen molar-refractivity contribution in [2.75, 3.05) is 24.3 Å². The predicted molar refractivity (Wildman–Crippen MR) is 73.5 cm³/mol. The van der Waals surface area contributed by atoms with Gasteiger partial charge in [0.2, 0.25) is 0 Å². The first-order valence-corrected chi connectivity index (χ1v) is 5.77. The van der Waals surface area contributed by atoms with Crippen molar-refractivity contribution in [2.45, 2.75) is 6.54 Å². The fraction of sp³-hybridized carbons (Fsp3) is 0.286. The number of rotatable bonds is 4. The highest BCUT2D eigenvalue weighted by Crippen LogP contribution is 2.16. The lowest BCUT2D eigenvalue weighted by Gasteiger charge is -2.13. The second-order valence-corrected chi connectivity index (χ2v) is 4.48. The number of hydrogen-bond donors (Lipinski definition) is 1. The Morgan fingerprint density at radius 3 is 2.35 bits per heavy atom. The normalized spacial score (nSPS) is 10.3. The molecule has 0 amide bonds. The van der Waals surface area contributed by atoms with Crippen LogP contribution in [0.15, 0.2) is 42.7 Å². The number of hydrogen-bond acceptors (Lipinski definition) is 2. The van der Waals surface area contributed by atoms with E-state index in [1.807, 2.05) is 21.1 Å². The van der Waals surface area contributed by atoms with Crippen LogP contribution in [0, 0.1) is 0 Å². The van der Waals surface area contributed by atoms with Gasteiger partial charge in [0.15, 0.2) is 0 Å². The van der Waals surface area contributed by atoms with E-state index in [0.29, 0.717) is 0 Å². The van der Waals surface area contributed by atoms with Gasteiger partial charge < -0.3 is 14.8 Å². The highest BCUT2D eigenvalue weighted by Gasteiger charge is 1.97. The molecule has 0 unspecified atom stereocenters. The van der Waals surface area contributed by atoms with Gasteiger partial charge in [0, 0.05) is 51.5 Å². The molecule has 0 aliphatic rings. The van der Waals surface area contributed by atoms with E-state index in [2.05, 4.69) is 57.5 Å². The third-order valence-electron chi connectivity index (χ3n) is 2.77. The minimum Gasteiger partial charge on any atom is -0.381 e. The van der Waals surface area contributed by atoms with E-state index in [-0.39, 0.29) is 0 Å². The van der Waals surface area contributed by atoms with Gasteiger partial charge >= 0.3 is 0 Å². The molecule has 0 aliphatic carbocycles. The zero-order valence-corrected chi connectivity index (χ0v) is 10.6. The van der Waals surface area contributed by atoms with Gasteiger partial charge in [-0.15, -0.1) is 0 Å². The molecule has 0 aliphatic heterocycles.